The highest BCUT2D eigenvalue weighted by atomic mass is 127. The number of hydrogen-bond donors (Lipinski definition) is 1. The minimum Gasteiger partial charge on any atom is -0.489 e. The van der Waals surface area contributed by atoms with Crippen LogP contribution in [0.1, 0.15) is 19.6 Å². The average molecular weight is 357 g/mol. The van der Waals surface area contributed by atoms with Gasteiger partial charge < -0.3 is 14.5 Å². The summed E-state index contributed by atoms with van der Waals surface area (Å²) >= 11 is 2.16. The van der Waals surface area contributed by atoms with Crippen molar-refractivity contribution in [2.75, 3.05) is 5.32 Å². The van der Waals surface area contributed by atoms with Crippen molar-refractivity contribution in [3.63, 3.8) is 0 Å². The van der Waals surface area contributed by atoms with Crippen LogP contribution in [0.2, 0.25) is 0 Å². The van der Waals surface area contributed by atoms with Crippen molar-refractivity contribution in [1.29, 1.82) is 0 Å². The molecule has 2 aromatic rings. The normalized spacial score (nSPS) is 10.7. The molecular formula is C14H16INO2. The maximum atomic E-state index is 5.74. The topological polar surface area (TPSA) is 34.4 Å². The molecular weight excluding hydrogens is 341 g/mol. The Bertz CT molecular complexity index is 508. The lowest BCUT2D eigenvalue weighted by molar-refractivity contribution is 0.243. The van der Waals surface area contributed by atoms with Gasteiger partial charge in [0, 0.05) is 0 Å². The SMILES string of the molecule is CC(C)Oc1ccccc1NCc1ccc(I)o1. The molecule has 0 fully saturated rings. The molecule has 0 bridgehead atoms. The fourth-order valence-electron chi connectivity index (χ4n) is 1.60. The van der Waals surface area contributed by atoms with Crippen LogP contribution in [-0.2, 0) is 6.54 Å². The van der Waals surface area contributed by atoms with Gasteiger partial charge in [-0.1, -0.05) is 12.1 Å². The second kappa shape index (κ2) is 6.13. The molecule has 0 aliphatic rings. The van der Waals surface area contributed by atoms with E-state index in [2.05, 4.69) is 27.9 Å². The van der Waals surface area contributed by atoms with E-state index in [1.165, 1.54) is 0 Å². The predicted molar refractivity (Wildman–Crippen MR) is 81.0 cm³/mol. The fourth-order valence-corrected chi connectivity index (χ4v) is 2.06. The minimum absolute atomic E-state index is 0.164. The first kappa shape index (κ1) is 13.3. The Labute approximate surface area is 121 Å². The van der Waals surface area contributed by atoms with E-state index in [1.54, 1.807) is 0 Å². The van der Waals surface area contributed by atoms with Crippen molar-refractivity contribution in [1.82, 2.24) is 0 Å². The van der Waals surface area contributed by atoms with Gasteiger partial charge in [0.2, 0.25) is 0 Å². The van der Waals surface area contributed by atoms with E-state index in [4.69, 9.17) is 9.15 Å². The molecule has 3 nitrogen and oxygen atoms in total. The summed E-state index contributed by atoms with van der Waals surface area (Å²) in [5.74, 6) is 1.78. The Morgan fingerprint density at radius 1 is 1.22 bits per heavy atom. The Kier molecular flexibility index (Phi) is 4.52. The lowest BCUT2D eigenvalue weighted by Gasteiger charge is -2.14. The third-order valence-corrected chi connectivity index (χ3v) is 2.91. The summed E-state index contributed by atoms with van der Waals surface area (Å²) in [6.45, 7) is 4.69. The molecule has 4 heteroatoms. The molecule has 1 aromatic heterocycles. The van der Waals surface area contributed by atoms with Gasteiger partial charge in [0.05, 0.1) is 18.3 Å². The maximum absolute atomic E-state index is 5.74. The molecule has 0 unspecified atom stereocenters. The Balaban J connectivity index is 2.04. The van der Waals surface area contributed by atoms with Crippen LogP contribution in [0.15, 0.2) is 40.8 Å². The standard InChI is InChI=1S/C14H16INO2/c1-10(2)17-13-6-4-3-5-12(13)16-9-11-7-8-14(15)18-11/h3-8,10,16H,9H2,1-2H3. The number of nitrogens with one attached hydrogen (secondary N) is 1. The first-order valence-corrected chi connectivity index (χ1v) is 6.97. The first-order chi connectivity index (χ1) is 8.65. The first-order valence-electron chi connectivity index (χ1n) is 5.89. The van der Waals surface area contributed by atoms with Crippen molar-refractivity contribution in [2.45, 2.75) is 26.5 Å². The van der Waals surface area contributed by atoms with E-state index in [1.807, 2.05) is 50.2 Å². The van der Waals surface area contributed by atoms with E-state index in [-0.39, 0.29) is 6.10 Å². The summed E-state index contributed by atoms with van der Waals surface area (Å²) in [5, 5.41) is 3.33. The molecule has 18 heavy (non-hydrogen) atoms. The number of rotatable bonds is 5. The van der Waals surface area contributed by atoms with Gasteiger partial charge in [-0.15, -0.1) is 0 Å². The molecule has 2 rings (SSSR count). The van der Waals surface area contributed by atoms with Gasteiger partial charge in [0.25, 0.3) is 0 Å². The van der Waals surface area contributed by atoms with Gasteiger partial charge in [-0.2, -0.15) is 0 Å². The zero-order valence-corrected chi connectivity index (χ0v) is 12.6. The van der Waals surface area contributed by atoms with Crippen LogP contribution < -0.4 is 10.1 Å². The van der Waals surface area contributed by atoms with E-state index < -0.39 is 0 Å². The monoisotopic (exact) mass is 357 g/mol. The van der Waals surface area contributed by atoms with E-state index in [0.29, 0.717) is 6.54 Å². The zero-order chi connectivity index (χ0) is 13.0. The number of hydrogen-bond acceptors (Lipinski definition) is 3. The van der Waals surface area contributed by atoms with Gasteiger partial charge in [-0.3, -0.25) is 0 Å². The van der Waals surface area contributed by atoms with E-state index in [0.717, 1.165) is 21.0 Å². The van der Waals surface area contributed by atoms with Crippen molar-refractivity contribution in [3.8, 4) is 5.75 Å². The second-order valence-electron chi connectivity index (χ2n) is 4.22. The third-order valence-electron chi connectivity index (χ3n) is 2.33. The lowest BCUT2D eigenvalue weighted by atomic mass is 10.3. The van der Waals surface area contributed by atoms with E-state index >= 15 is 0 Å². The molecule has 0 aliphatic carbocycles. The quantitative estimate of drug-likeness (QED) is 0.811. The van der Waals surface area contributed by atoms with Crippen LogP contribution in [0.25, 0.3) is 0 Å². The van der Waals surface area contributed by atoms with Crippen molar-refractivity contribution >= 4 is 28.3 Å². The molecule has 0 atom stereocenters. The Morgan fingerprint density at radius 2 is 2.00 bits per heavy atom. The molecule has 0 spiro atoms. The number of furan rings is 1. The Morgan fingerprint density at radius 3 is 2.67 bits per heavy atom. The van der Waals surface area contributed by atoms with Crippen LogP contribution in [0.4, 0.5) is 5.69 Å². The number of benzene rings is 1. The Hall–Kier alpha value is -1.17. The number of para-hydroxylation sites is 2. The van der Waals surface area contributed by atoms with Crippen molar-refractivity contribution < 1.29 is 9.15 Å². The van der Waals surface area contributed by atoms with Gasteiger partial charge >= 0.3 is 0 Å². The van der Waals surface area contributed by atoms with Crippen LogP contribution >= 0.6 is 22.6 Å². The molecule has 0 amide bonds. The van der Waals surface area contributed by atoms with Crippen LogP contribution in [0.3, 0.4) is 0 Å². The smallest absolute Gasteiger partial charge is 0.164 e. The largest absolute Gasteiger partial charge is 0.489 e. The summed E-state index contributed by atoms with van der Waals surface area (Å²) in [6, 6.07) is 11.9. The highest BCUT2D eigenvalue weighted by Crippen LogP contribution is 2.25. The second-order valence-corrected chi connectivity index (χ2v) is 5.29. The van der Waals surface area contributed by atoms with Gasteiger partial charge in [-0.25, -0.2) is 0 Å². The van der Waals surface area contributed by atoms with Gasteiger partial charge in [-0.05, 0) is 60.7 Å². The van der Waals surface area contributed by atoms with E-state index in [9.17, 15) is 0 Å². The van der Waals surface area contributed by atoms with Crippen LogP contribution in [-0.4, -0.2) is 6.10 Å². The number of ether oxygens (including phenoxy) is 1. The number of halogens is 1. The van der Waals surface area contributed by atoms with Gasteiger partial charge in [0.15, 0.2) is 3.77 Å². The van der Waals surface area contributed by atoms with Gasteiger partial charge in [0.1, 0.15) is 11.5 Å². The maximum Gasteiger partial charge on any atom is 0.164 e. The zero-order valence-electron chi connectivity index (χ0n) is 10.4. The van der Waals surface area contributed by atoms with Crippen LogP contribution in [0, 0.1) is 3.77 Å². The predicted octanol–water partition coefficient (Wildman–Crippen LogP) is 4.28. The molecule has 0 saturated heterocycles. The molecule has 1 aromatic carbocycles. The summed E-state index contributed by atoms with van der Waals surface area (Å²) in [4.78, 5) is 0. The lowest BCUT2D eigenvalue weighted by Crippen LogP contribution is -2.08. The summed E-state index contributed by atoms with van der Waals surface area (Å²) in [5.41, 5.74) is 0.984. The highest BCUT2D eigenvalue weighted by Gasteiger charge is 2.05. The molecule has 0 radical (unpaired) electrons. The summed E-state index contributed by atoms with van der Waals surface area (Å²) in [6.07, 6.45) is 0.164. The van der Waals surface area contributed by atoms with Crippen molar-refractivity contribution in [2.24, 2.45) is 0 Å². The number of anilines is 1. The third kappa shape index (κ3) is 3.66. The molecule has 96 valence electrons. The molecule has 0 aliphatic heterocycles. The minimum atomic E-state index is 0.164. The average Bonchev–Trinajstić information content (AvgIpc) is 2.73. The van der Waals surface area contributed by atoms with Crippen molar-refractivity contribution in [3.05, 3.63) is 45.9 Å². The summed E-state index contributed by atoms with van der Waals surface area (Å²) < 4.78 is 12.2. The fraction of sp³-hybridized carbons (Fsp3) is 0.286. The molecule has 0 saturated carbocycles. The molecule has 1 heterocycles. The molecule has 1 N–H and O–H groups in total. The highest BCUT2D eigenvalue weighted by molar-refractivity contribution is 14.1. The van der Waals surface area contributed by atoms with Crippen LogP contribution in [0.5, 0.6) is 5.75 Å². The summed E-state index contributed by atoms with van der Waals surface area (Å²) in [7, 11) is 0.